The predicted octanol–water partition coefficient (Wildman–Crippen LogP) is 2.86. The minimum atomic E-state index is -0.541. The van der Waals surface area contributed by atoms with Gasteiger partial charge in [0.05, 0.1) is 0 Å². The highest BCUT2D eigenvalue weighted by Gasteiger charge is 2.17. The monoisotopic (exact) mass is 267 g/mol. The first kappa shape index (κ1) is 14.1. The maximum absolute atomic E-state index is 13.4. The molecular formula is C15H19F2NO. The molecule has 0 aromatic heterocycles. The van der Waals surface area contributed by atoms with E-state index in [4.69, 9.17) is 0 Å². The molecule has 0 unspecified atom stereocenters. The van der Waals surface area contributed by atoms with E-state index in [1.807, 2.05) is 0 Å². The molecule has 2 nitrogen and oxygen atoms in total. The van der Waals surface area contributed by atoms with Gasteiger partial charge in [0.2, 0.25) is 0 Å². The van der Waals surface area contributed by atoms with Crippen molar-refractivity contribution < 1.29 is 13.6 Å². The van der Waals surface area contributed by atoms with Gasteiger partial charge in [-0.2, -0.15) is 0 Å². The third-order valence-electron chi connectivity index (χ3n) is 3.68. The van der Waals surface area contributed by atoms with E-state index < -0.39 is 11.6 Å². The molecule has 104 valence electrons. The van der Waals surface area contributed by atoms with Gasteiger partial charge in [-0.3, -0.25) is 4.79 Å². The summed E-state index contributed by atoms with van der Waals surface area (Å²) < 4.78 is 26.1. The zero-order valence-corrected chi connectivity index (χ0v) is 10.9. The van der Waals surface area contributed by atoms with E-state index in [9.17, 15) is 13.6 Å². The second kappa shape index (κ2) is 6.75. The van der Waals surface area contributed by atoms with Crippen molar-refractivity contribution in [1.82, 2.24) is 5.32 Å². The van der Waals surface area contributed by atoms with Crippen LogP contribution in [0.15, 0.2) is 18.2 Å². The van der Waals surface area contributed by atoms with Crippen molar-refractivity contribution in [3.05, 3.63) is 35.4 Å². The van der Waals surface area contributed by atoms with Crippen LogP contribution < -0.4 is 5.32 Å². The van der Waals surface area contributed by atoms with Crippen LogP contribution in [-0.2, 0) is 11.2 Å². The second-order valence-corrected chi connectivity index (χ2v) is 5.17. The molecule has 0 spiro atoms. The van der Waals surface area contributed by atoms with E-state index in [0.717, 1.165) is 25.5 Å². The number of rotatable bonds is 5. The lowest BCUT2D eigenvalue weighted by molar-refractivity contribution is -0.120. The lowest BCUT2D eigenvalue weighted by Crippen LogP contribution is -2.28. The molecule has 19 heavy (non-hydrogen) atoms. The smallest absolute Gasteiger partial charge is 0.132 e. The number of halogens is 2. The molecule has 0 amide bonds. The Morgan fingerprint density at radius 3 is 2.63 bits per heavy atom. The van der Waals surface area contributed by atoms with Crippen LogP contribution in [0.25, 0.3) is 0 Å². The first-order valence-electron chi connectivity index (χ1n) is 6.81. The summed E-state index contributed by atoms with van der Waals surface area (Å²) >= 11 is 0. The highest BCUT2D eigenvalue weighted by Crippen LogP contribution is 2.20. The Hall–Kier alpha value is -1.29. The second-order valence-electron chi connectivity index (χ2n) is 5.17. The first-order chi connectivity index (χ1) is 9.15. The summed E-state index contributed by atoms with van der Waals surface area (Å²) in [6.45, 7) is 1.54. The molecule has 0 atom stereocenters. The van der Waals surface area contributed by atoms with Crippen molar-refractivity contribution in [2.45, 2.75) is 32.1 Å². The summed E-state index contributed by atoms with van der Waals surface area (Å²) in [5, 5.41) is 3.29. The number of hydrogen-bond acceptors (Lipinski definition) is 2. The summed E-state index contributed by atoms with van der Waals surface area (Å²) in [5.74, 6) is -0.105. The molecule has 0 bridgehead atoms. The number of ketones is 1. The van der Waals surface area contributed by atoms with Crippen molar-refractivity contribution in [2.75, 3.05) is 13.1 Å². The summed E-state index contributed by atoms with van der Waals surface area (Å²) in [5.41, 5.74) is 0.535. The number of hydrogen-bond donors (Lipinski definition) is 1. The first-order valence-corrected chi connectivity index (χ1v) is 6.81. The third-order valence-corrected chi connectivity index (χ3v) is 3.68. The van der Waals surface area contributed by atoms with Gasteiger partial charge in [-0.15, -0.1) is 0 Å². The summed E-state index contributed by atoms with van der Waals surface area (Å²) in [6.07, 6.45) is 3.85. The average Bonchev–Trinajstić information content (AvgIpc) is 2.39. The Balaban J connectivity index is 1.68. The Labute approximate surface area is 112 Å². The predicted molar refractivity (Wildman–Crippen MR) is 69.9 cm³/mol. The average molecular weight is 267 g/mol. The standard InChI is InChI=1S/C15H19F2NO/c16-13-4-3-12(15(17)9-13)7-8-18-10-11-1-5-14(19)6-2-11/h3-4,9,11,18H,1-2,5-8,10H2. The number of Topliss-reactive ketones (excluding diaryl/α,β-unsaturated/α-hetero) is 1. The van der Waals surface area contributed by atoms with Gasteiger partial charge >= 0.3 is 0 Å². The van der Waals surface area contributed by atoms with Crippen LogP contribution in [0.3, 0.4) is 0 Å². The molecule has 0 heterocycles. The molecule has 0 radical (unpaired) electrons. The van der Waals surface area contributed by atoms with Crippen LogP contribution in [0.5, 0.6) is 0 Å². The fourth-order valence-electron chi connectivity index (χ4n) is 2.46. The zero-order chi connectivity index (χ0) is 13.7. The zero-order valence-electron chi connectivity index (χ0n) is 10.9. The van der Waals surface area contributed by atoms with Crippen LogP contribution in [-0.4, -0.2) is 18.9 Å². The molecule has 1 aliphatic carbocycles. The largest absolute Gasteiger partial charge is 0.316 e. The maximum Gasteiger partial charge on any atom is 0.132 e. The molecule has 1 fully saturated rings. The topological polar surface area (TPSA) is 29.1 Å². The van der Waals surface area contributed by atoms with Crippen LogP contribution in [0.4, 0.5) is 8.78 Å². The van der Waals surface area contributed by atoms with E-state index in [2.05, 4.69) is 5.32 Å². The molecule has 1 aliphatic rings. The van der Waals surface area contributed by atoms with Crippen LogP contribution in [0.2, 0.25) is 0 Å². The third kappa shape index (κ3) is 4.39. The van der Waals surface area contributed by atoms with E-state index in [1.165, 1.54) is 12.1 Å². The quantitative estimate of drug-likeness (QED) is 0.831. The van der Waals surface area contributed by atoms with Crippen molar-refractivity contribution in [3.8, 4) is 0 Å². The van der Waals surface area contributed by atoms with Gasteiger partial charge in [-0.05, 0) is 49.9 Å². The number of carbonyl (C=O) groups is 1. The van der Waals surface area contributed by atoms with Gasteiger partial charge in [-0.25, -0.2) is 8.78 Å². The van der Waals surface area contributed by atoms with Gasteiger partial charge in [0.25, 0.3) is 0 Å². The van der Waals surface area contributed by atoms with Crippen LogP contribution in [0, 0.1) is 17.6 Å². The molecule has 1 aromatic rings. The van der Waals surface area contributed by atoms with Crippen molar-refractivity contribution >= 4 is 5.78 Å². The van der Waals surface area contributed by atoms with Gasteiger partial charge < -0.3 is 5.32 Å². The SMILES string of the molecule is O=C1CCC(CNCCc2ccc(F)cc2F)CC1. The van der Waals surface area contributed by atoms with E-state index in [-0.39, 0.29) is 0 Å². The molecule has 1 saturated carbocycles. The Kier molecular flexibility index (Phi) is 5.02. The van der Waals surface area contributed by atoms with Crippen molar-refractivity contribution in [2.24, 2.45) is 5.92 Å². The van der Waals surface area contributed by atoms with Crippen molar-refractivity contribution in [3.63, 3.8) is 0 Å². The Bertz CT molecular complexity index is 438. The molecule has 0 saturated heterocycles. The number of nitrogens with one attached hydrogen (secondary N) is 1. The molecule has 4 heteroatoms. The number of carbonyl (C=O) groups excluding carboxylic acids is 1. The Morgan fingerprint density at radius 2 is 1.95 bits per heavy atom. The fraction of sp³-hybridized carbons (Fsp3) is 0.533. The summed E-state index contributed by atoms with van der Waals surface area (Å²) in [4.78, 5) is 11.1. The van der Waals surface area contributed by atoms with Gasteiger partial charge in [0, 0.05) is 18.9 Å². The highest BCUT2D eigenvalue weighted by molar-refractivity contribution is 5.79. The van der Waals surface area contributed by atoms with E-state index in [0.29, 0.717) is 43.1 Å². The van der Waals surface area contributed by atoms with Crippen LogP contribution >= 0.6 is 0 Å². The van der Waals surface area contributed by atoms with Crippen molar-refractivity contribution in [1.29, 1.82) is 0 Å². The minimum Gasteiger partial charge on any atom is -0.316 e. The summed E-state index contributed by atoms with van der Waals surface area (Å²) in [6, 6.07) is 3.69. The molecule has 0 aliphatic heterocycles. The van der Waals surface area contributed by atoms with Crippen LogP contribution in [0.1, 0.15) is 31.2 Å². The van der Waals surface area contributed by atoms with Gasteiger partial charge in [0.1, 0.15) is 17.4 Å². The van der Waals surface area contributed by atoms with Gasteiger partial charge in [0.15, 0.2) is 0 Å². The molecule has 1 aromatic carbocycles. The lowest BCUT2D eigenvalue weighted by atomic mass is 9.88. The normalized spacial score (nSPS) is 16.8. The van der Waals surface area contributed by atoms with E-state index in [1.54, 1.807) is 0 Å². The van der Waals surface area contributed by atoms with E-state index >= 15 is 0 Å². The molecular weight excluding hydrogens is 248 g/mol. The number of benzene rings is 1. The highest BCUT2D eigenvalue weighted by atomic mass is 19.1. The fourth-order valence-corrected chi connectivity index (χ4v) is 2.46. The molecule has 2 rings (SSSR count). The summed E-state index contributed by atoms with van der Waals surface area (Å²) in [7, 11) is 0. The Morgan fingerprint density at radius 1 is 1.21 bits per heavy atom. The van der Waals surface area contributed by atoms with Gasteiger partial charge in [-0.1, -0.05) is 6.07 Å². The molecule has 1 N–H and O–H groups in total. The minimum absolute atomic E-state index is 0.365. The maximum atomic E-state index is 13.4. The lowest BCUT2D eigenvalue weighted by Gasteiger charge is -2.21.